The number of imidazole rings is 1. The van der Waals surface area contributed by atoms with Crippen LogP contribution in [-0.2, 0) is 6.42 Å². The molecule has 0 amide bonds. The fourth-order valence-corrected chi connectivity index (χ4v) is 3.84. The summed E-state index contributed by atoms with van der Waals surface area (Å²) in [4.78, 5) is 5.79. The molecule has 0 aliphatic carbocycles. The fraction of sp³-hybridized carbons (Fsp3) is 0.133. The topological polar surface area (TPSA) is 17.3 Å². The molecule has 0 spiro atoms. The first-order valence-corrected chi connectivity index (χ1v) is 7.86. The molecule has 4 aromatic rings. The average molecular weight is 331 g/mol. The van der Waals surface area contributed by atoms with E-state index < -0.39 is 0 Å². The molecule has 19 heavy (non-hydrogen) atoms. The molecule has 2 aromatic heterocycles. The molecule has 94 valence electrons. The molecule has 4 rings (SSSR count). The van der Waals surface area contributed by atoms with E-state index in [1.54, 1.807) is 11.3 Å². The van der Waals surface area contributed by atoms with Crippen molar-refractivity contribution in [2.45, 2.75) is 13.3 Å². The van der Waals surface area contributed by atoms with Crippen LogP contribution < -0.4 is 0 Å². The Morgan fingerprint density at radius 3 is 2.89 bits per heavy atom. The van der Waals surface area contributed by atoms with Crippen molar-refractivity contribution in [2.24, 2.45) is 0 Å². The Morgan fingerprint density at radius 2 is 2.05 bits per heavy atom. The molecular formula is C15H11BrN2S. The van der Waals surface area contributed by atoms with E-state index in [4.69, 9.17) is 4.98 Å². The number of nitrogens with zero attached hydrogens (tertiary/aromatic N) is 2. The monoisotopic (exact) mass is 330 g/mol. The number of thiazole rings is 1. The van der Waals surface area contributed by atoms with Crippen molar-refractivity contribution >= 4 is 53.5 Å². The predicted octanol–water partition coefficient (Wildman–Crippen LogP) is 5.03. The summed E-state index contributed by atoms with van der Waals surface area (Å²) in [5, 5.41) is 0. The van der Waals surface area contributed by atoms with Crippen molar-refractivity contribution in [3.8, 4) is 0 Å². The van der Waals surface area contributed by atoms with E-state index in [0.717, 1.165) is 21.4 Å². The molecule has 0 bridgehead atoms. The van der Waals surface area contributed by atoms with Gasteiger partial charge in [0.2, 0.25) is 0 Å². The molecule has 0 unspecified atom stereocenters. The fourth-order valence-electron chi connectivity index (χ4n) is 2.47. The van der Waals surface area contributed by atoms with Crippen molar-refractivity contribution in [2.75, 3.05) is 0 Å². The second kappa shape index (κ2) is 4.05. The maximum absolute atomic E-state index is 4.72. The lowest BCUT2D eigenvalue weighted by atomic mass is 10.1. The summed E-state index contributed by atoms with van der Waals surface area (Å²) in [5.74, 6) is 0. The van der Waals surface area contributed by atoms with Crippen LogP contribution >= 0.6 is 27.3 Å². The highest BCUT2D eigenvalue weighted by atomic mass is 79.9. The molecule has 0 fully saturated rings. The van der Waals surface area contributed by atoms with Gasteiger partial charge in [-0.25, -0.2) is 4.98 Å². The Bertz CT molecular complexity index is 920. The summed E-state index contributed by atoms with van der Waals surface area (Å²) < 4.78 is 4.64. The Hall–Kier alpha value is -1.39. The molecule has 0 N–H and O–H groups in total. The van der Waals surface area contributed by atoms with Gasteiger partial charge >= 0.3 is 0 Å². The zero-order valence-corrected chi connectivity index (χ0v) is 12.8. The third-order valence-electron chi connectivity index (χ3n) is 3.46. The first-order valence-electron chi connectivity index (χ1n) is 6.25. The highest BCUT2D eigenvalue weighted by molar-refractivity contribution is 9.10. The zero-order chi connectivity index (χ0) is 13.0. The van der Waals surface area contributed by atoms with Gasteiger partial charge in [0.1, 0.15) is 0 Å². The Balaban J connectivity index is 2.22. The summed E-state index contributed by atoms with van der Waals surface area (Å²) in [6, 6.07) is 12.9. The van der Waals surface area contributed by atoms with E-state index in [0.29, 0.717) is 0 Å². The minimum absolute atomic E-state index is 1.05. The molecule has 0 aliphatic heterocycles. The van der Waals surface area contributed by atoms with Crippen molar-refractivity contribution in [3.05, 3.63) is 46.4 Å². The van der Waals surface area contributed by atoms with E-state index in [1.165, 1.54) is 21.3 Å². The molecule has 0 radical (unpaired) electrons. The third kappa shape index (κ3) is 1.63. The number of rotatable bonds is 1. The Morgan fingerprint density at radius 1 is 1.16 bits per heavy atom. The lowest BCUT2D eigenvalue weighted by molar-refractivity contribution is 1.14. The Kier molecular flexibility index (Phi) is 2.44. The highest BCUT2D eigenvalue weighted by Gasteiger charge is 2.11. The standard InChI is InChI=1S/C15H11BrN2S/c1-2-9-3-5-11-12(7-9)18-13-8-10(16)4-6-14(13)19-15(18)17-11/h3-8H,2H2,1H3. The minimum Gasteiger partial charge on any atom is -0.283 e. The van der Waals surface area contributed by atoms with Gasteiger partial charge in [-0.15, -0.1) is 0 Å². The second-order valence-corrected chi connectivity index (χ2v) is 6.55. The van der Waals surface area contributed by atoms with Crippen LogP contribution in [0.25, 0.3) is 26.2 Å². The van der Waals surface area contributed by atoms with E-state index in [2.05, 4.69) is 63.7 Å². The Labute approximate surface area is 122 Å². The van der Waals surface area contributed by atoms with E-state index >= 15 is 0 Å². The third-order valence-corrected chi connectivity index (χ3v) is 4.97. The van der Waals surface area contributed by atoms with E-state index in [1.807, 2.05) is 0 Å². The first-order chi connectivity index (χ1) is 9.26. The van der Waals surface area contributed by atoms with E-state index in [9.17, 15) is 0 Å². The molecule has 0 aliphatic rings. The molecule has 0 saturated heterocycles. The number of aryl methyl sites for hydroxylation is 1. The summed E-state index contributed by atoms with van der Waals surface area (Å²) in [6.45, 7) is 2.18. The van der Waals surface area contributed by atoms with Gasteiger partial charge in [-0.3, -0.25) is 4.40 Å². The summed E-state index contributed by atoms with van der Waals surface area (Å²) in [6.07, 6.45) is 1.05. The number of benzene rings is 2. The van der Waals surface area contributed by atoms with Crippen LogP contribution in [0.3, 0.4) is 0 Å². The van der Waals surface area contributed by atoms with Gasteiger partial charge in [-0.2, -0.15) is 0 Å². The van der Waals surface area contributed by atoms with E-state index in [-0.39, 0.29) is 0 Å². The van der Waals surface area contributed by atoms with Crippen molar-refractivity contribution in [3.63, 3.8) is 0 Å². The summed E-state index contributed by atoms with van der Waals surface area (Å²) in [5.41, 5.74) is 4.86. The minimum atomic E-state index is 1.05. The van der Waals surface area contributed by atoms with Crippen LogP contribution in [0.15, 0.2) is 40.9 Å². The zero-order valence-electron chi connectivity index (χ0n) is 10.4. The molecular weight excluding hydrogens is 320 g/mol. The normalized spacial score (nSPS) is 11.9. The highest BCUT2D eigenvalue weighted by Crippen LogP contribution is 2.32. The second-order valence-electron chi connectivity index (χ2n) is 4.62. The molecule has 2 aromatic carbocycles. The molecule has 0 atom stereocenters. The molecule has 2 heterocycles. The average Bonchev–Trinajstić information content (AvgIpc) is 2.93. The number of fused-ring (bicyclic) bond motifs is 5. The van der Waals surface area contributed by atoms with Crippen molar-refractivity contribution < 1.29 is 0 Å². The van der Waals surface area contributed by atoms with Gasteiger partial charge in [0, 0.05) is 4.47 Å². The van der Waals surface area contributed by atoms with Crippen molar-refractivity contribution in [1.29, 1.82) is 0 Å². The van der Waals surface area contributed by atoms with Crippen molar-refractivity contribution in [1.82, 2.24) is 9.38 Å². The quantitative estimate of drug-likeness (QED) is 0.478. The largest absolute Gasteiger partial charge is 0.283 e. The van der Waals surface area contributed by atoms with Gasteiger partial charge in [0.05, 0.1) is 21.3 Å². The lowest BCUT2D eigenvalue weighted by Gasteiger charge is -1.98. The molecule has 2 nitrogen and oxygen atoms in total. The molecule has 4 heteroatoms. The molecule has 0 saturated carbocycles. The van der Waals surface area contributed by atoms with Gasteiger partial charge in [0.15, 0.2) is 4.96 Å². The van der Waals surface area contributed by atoms with Crippen LogP contribution in [0.2, 0.25) is 0 Å². The van der Waals surface area contributed by atoms with Crippen LogP contribution in [0.4, 0.5) is 0 Å². The number of hydrogen-bond acceptors (Lipinski definition) is 2. The number of halogens is 1. The number of aromatic nitrogens is 2. The van der Waals surface area contributed by atoms with Crippen LogP contribution in [0, 0.1) is 0 Å². The van der Waals surface area contributed by atoms with Gasteiger partial charge in [-0.05, 0) is 42.3 Å². The lowest BCUT2D eigenvalue weighted by Crippen LogP contribution is -1.83. The summed E-state index contributed by atoms with van der Waals surface area (Å²) in [7, 11) is 0. The maximum atomic E-state index is 4.72. The van der Waals surface area contributed by atoms with Gasteiger partial charge < -0.3 is 0 Å². The first kappa shape index (κ1) is 11.4. The van der Waals surface area contributed by atoms with Gasteiger partial charge in [-0.1, -0.05) is 40.3 Å². The van der Waals surface area contributed by atoms with Crippen LogP contribution in [0.1, 0.15) is 12.5 Å². The smallest absolute Gasteiger partial charge is 0.195 e. The predicted molar refractivity (Wildman–Crippen MR) is 85.2 cm³/mol. The van der Waals surface area contributed by atoms with Crippen LogP contribution in [-0.4, -0.2) is 9.38 Å². The number of hydrogen-bond donors (Lipinski definition) is 0. The maximum Gasteiger partial charge on any atom is 0.195 e. The van der Waals surface area contributed by atoms with Gasteiger partial charge in [0.25, 0.3) is 0 Å². The summed E-state index contributed by atoms with van der Waals surface area (Å²) >= 11 is 5.29. The van der Waals surface area contributed by atoms with Crippen LogP contribution in [0.5, 0.6) is 0 Å². The SMILES string of the molecule is CCc1ccc2nc3sc4ccc(Br)cc4n3c2c1.